The predicted octanol–water partition coefficient (Wildman–Crippen LogP) is 3.05. The minimum absolute atomic E-state index is 0.167. The van der Waals surface area contributed by atoms with E-state index in [1.807, 2.05) is 55.7 Å². The van der Waals surface area contributed by atoms with Gasteiger partial charge >= 0.3 is 0 Å². The Balaban J connectivity index is 2.07. The van der Waals surface area contributed by atoms with Crippen LogP contribution in [0, 0.1) is 6.92 Å². The lowest BCUT2D eigenvalue weighted by Gasteiger charge is -2.21. The first-order valence-corrected chi connectivity index (χ1v) is 10.2. The van der Waals surface area contributed by atoms with E-state index in [1.165, 1.54) is 11.3 Å². The molecule has 1 aromatic carbocycles. The normalized spacial score (nSPS) is 11.3. The summed E-state index contributed by atoms with van der Waals surface area (Å²) in [5.74, 6) is 1.18. The van der Waals surface area contributed by atoms with Gasteiger partial charge in [-0.3, -0.25) is 14.4 Å². The molecule has 0 aliphatic carbocycles. The van der Waals surface area contributed by atoms with Gasteiger partial charge in [0, 0.05) is 25.3 Å². The molecule has 1 amide bonds. The number of methoxy groups -OCH3 is 2. The van der Waals surface area contributed by atoms with Crippen LogP contribution < -0.4 is 14.4 Å². The van der Waals surface area contributed by atoms with Crippen molar-refractivity contribution < 1.29 is 14.3 Å². The number of aryl methyl sites for hydroxylation is 2. The molecule has 3 rings (SSSR count). The number of benzene rings is 1. The molecule has 8 nitrogen and oxygen atoms in total. The van der Waals surface area contributed by atoms with Crippen LogP contribution in [-0.4, -0.2) is 67.0 Å². The molecule has 2 aromatic heterocycles. The number of rotatable bonds is 8. The van der Waals surface area contributed by atoms with Crippen LogP contribution in [0.1, 0.15) is 23.1 Å². The Hall–Kier alpha value is -2.65. The number of aromatic nitrogens is 3. The SMILES string of the molecule is CCn1nc(C(=O)N(CCN(C)C)c2nc3c(OC)ccc(OC)c3s2)cc1C. The second kappa shape index (κ2) is 8.79. The summed E-state index contributed by atoms with van der Waals surface area (Å²) in [4.78, 5) is 21.8. The van der Waals surface area contributed by atoms with E-state index in [-0.39, 0.29) is 5.91 Å². The number of carbonyl (C=O) groups excluding carboxylic acids is 1. The van der Waals surface area contributed by atoms with Crippen LogP contribution in [0.5, 0.6) is 11.5 Å². The lowest BCUT2D eigenvalue weighted by Crippen LogP contribution is -2.37. The maximum atomic E-state index is 13.4. The first-order valence-electron chi connectivity index (χ1n) is 9.42. The van der Waals surface area contributed by atoms with Gasteiger partial charge in [0.05, 0.1) is 14.2 Å². The van der Waals surface area contributed by atoms with E-state index in [0.29, 0.717) is 47.5 Å². The molecule has 0 aliphatic rings. The van der Waals surface area contributed by atoms with Gasteiger partial charge in [-0.25, -0.2) is 4.98 Å². The summed E-state index contributed by atoms with van der Waals surface area (Å²) in [5, 5.41) is 5.06. The van der Waals surface area contributed by atoms with Crippen molar-refractivity contribution in [2.75, 3.05) is 46.3 Å². The van der Waals surface area contributed by atoms with E-state index < -0.39 is 0 Å². The fraction of sp³-hybridized carbons (Fsp3) is 0.450. The first-order chi connectivity index (χ1) is 13.9. The van der Waals surface area contributed by atoms with Crippen molar-refractivity contribution in [3.63, 3.8) is 0 Å². The molecular formula is C20H27N5O3S. The number of carbonyl (C=O) groups is 1. The first kappa shape index (κ1) is 21.1. The van der Waals surface area contributed by atoms with Gasteiger partial charge in [-0.05, 0) is 46.1 Å². The molecule has 0 unspecified atom stereocenters. The van der Waals surface area contributed by atoms with Crippen LogP contribution >= 0.6 is 11.3 Å². The number of hydrogen-bond acceptors (Lipinski definition) is 7. The summed E-state index contributed by atoms with van der Waals surface area (Å²) in [6, 6.07) is 5.49. The Morgan fingerprint density at radius 1 is 1.17 bits per heavy atom. The van der Waals surface area contributed by atoms with E-state index in [9.17, 15) is 4.79 Å². The fourth-order valence-electron chi connectivity index (χ4n) is 3.05. The van der Waals surface area contributed by atoms with Crippen LogP contribution in [0.25, 0.3) is 10.2 Å². The standard InChI is InChI=1S/C20H27N5O3S/c1-7-25-13(2)12-14(22-25)19(26)24(11-10-23(3)4)20-21-17-15(27-5)8-9-16(28-6)18(17)29-20/h8-9,12H,7,10-11H2,1-6H3. The van der Waals surface area contributed by atoms with Crippen LogP contribution in [-0.2, 0) is 6.54 Å². The fourth-order valence-corrected chi connectivity index (χ4v) is 4.15. The van der Waals surface area contributed by atoms with Gasteiger partial charge in [0.15, 0.2) is 10.8 Å². The maximum absolute atomic E-state index is 13.4. The molecule has 0 bridgehead atoms. The van der Waals surface area contributed by atoms with Crippen LogP contribution in [0.3, 0.4) is 0 Å². The highest BCUT2D eigenvalue weighted by Gasteiger charge is 2.25. The molecule has 2 heterocycles. The van der Waals surface area contributed by atoms with E-state index in [1.54, 1.807) is 19.1 Å². The van der Waals surface area contributed by atoms with Crippen molar-refractivity contribution >= 4 is 32.6 Å². The highest BCUT2D eigenvalue weighted by atomic mass is 32.1. The van der Waals surface area contributed by atoms with Crippen molar-refractivity contribution in [2.45, 2.75) is 20.4 Å². The van der Waals surface area contributed by atoms with Crippen LogP contribution in [0.15, 0.2) is 18.2 Å². The van der Waals surface area contributed by atoms with E-state index in [2.05, 4.69) is 5.10 Å². The summed E-state index contributed by atoms with van der Waals surface area (Å²) in [5.41, 5.74) is 2.06. The Bertz CT molecular complexity index is 970. The van der Waals surface area contributed by atoms with Crippen molar-refractivity contribution in [1.82, 2.24) is 19.7 Å². The molecule has 0 fully saturated rings. The number of likely N-dealkylation sites (N-methyl/N-ethyl adjacent to an activating group) is 1. The Morgan fingerprint density at radius 3 is 2.45 bits per heavy atom. The van der Waals surface area contributed by atoms with E-state index >= 15 is 0 Å². The Labute approximate surface area is 174 Å². The smallest absolute Gasteiger partial charge is 0.280 e. The van der Waals surface area contributed by atoms with Crippen molar-refractivity contribution in [3.05, 3.63) is 29.6 Å². The van der Waals surface area contributed by atoms with E-state index in [0.717, 1.165) is 10.4 Å². The van der Waals surface area contributed by atoms with Gasteiger partial charge in [-0.15, -0.1) is 0 Å². The highest BCUT2D eigenvalue weighted by molar-refractivity contribution is 7.22. The monoisotopic (exact) mass is 417 g/mol. The number of anilines is 1. The number of hydrogen-bond donors (Lipinski definition) is 0. The maximum Gasteiger partial charge on any atom is 0.280 e. The molecule has 29 heavy (non-hydrogen) atoms. The molecule has 0 spiro atoms. The quantitative estimate of drug-likeness (QED) is 0.561. The van der Waals surface area contributed by atoms with Crippen molar-refractivity contribution in [3.8, 4) is 11.5 Å². The number of amides is 1. The van der Waals surface area contributed by atoms with Gasteiger partial charge in [0.1, 0.15) is 21.7 Å². The van der Waals surface area contributed by atoms with Gasteiger partial charge < -0.3 is 14.4 Å². The highest BCUT2D eigenvalue weighted by Crippen LogP contribution is 2.40. The second-order valence-electron chi connectivity index (χ2n) is 6.89. The van der Waals surface area contributed by atoms with Gasteiger partial charge in [0.25, 0.3) is 5.91 Å². The molecule has 156 valence electrons. The van der Waals surface area contributed by atoms with E-state index in [4.69, 9.17) is 14.5 Å². The molecule has 0 atom stereocenters. The third kappa shape index (κ3) is 4.20. The molecule has 0 N–H and O–H groups in total. The molecule has 0 saturated heterocycles. The van der Waals surface area contributed by atoms with Crippen LogP contribution in [0.2, 0.25) is 0 Å². The largest absolute Gasteiger partial charge is 0.495 e. The zero-order valence-electron chi connectivity index (χ0n) is 17.7. The zero-order chi connectivity index (χ0) is 21.1. The van der Waals surface area contributed by atoms with Crippen molar-refractivity contribution in [2.24, 2.45) is 0 Å². The molecule has 0 aliphatic heterocycles. The molecule has 0 radical (unpaired) electrons. The second-order valence-corrected chi connectivity index (χ2v) is 7.87. The molecular weight excluding hydrogens is 390 g/mol. The topological polar surface area (TPSA) is 72.7 Å². The summed E-state index contributed by atoms with van der Waals surface area (Å²) < 4.78 is 13.6. The predicted molar refractivity (Wildman–Crippen MR) is 116 cm³/mol. The zero-order valence-corrected chi connectivity index (χ0v) is 18.5. The van der Waals surface area contributed by atoms with Gasteiger partial charge in [-0.2, -0.15) is 5.10 Å². The third-order valence-corrected chi connectivity index (χ3v) is 5.74. The summed E-state index contributed by atoms with van der Waals surface area (Å²) >= 11 is 1.41. The summed E-state index contributed by atoms with van der Waals surface area (Å²) in [6.07, 6.45) is 0. The van der Waals surface area contributed by atoms with Gasteiger partial charge in [0.2, 0.25) is 0 Å². The lowest BCUT2D eigenvalue weighted by atomic mass is 10.3. The number of ether oxygens (including phenoxy) is 2. The molecule has 9 heteroatoms. The number of nitrogens with zero attached hydrogens (tertiary/aromatic N) is 5. The molecule has 0 saturated carbocycles. The summed E-state index contributed by atoms with van der Waals surface area (Å²) in [7, 11) is 7.18. The number of fused-ring (bicyclic) bond motifs is 1. The van der Waals surface area contributed by atoms with Crippen LogP contribution in [0.4, 0.5) is 5.13 Å². The van der Waals surface area contributed by atoms with Crippen molar-refractivity contribution in [1.29, 1.82) is 0 Å². The van der Waals surface area contributed by atoms with Gasteiger partial charge in [-0.1, -0.05) is 11.3 Å². The average Bonchev–Trinajstić information content (AvgIpc) is 3.30. The molecule has 3 aromatic rings. The summed E-state index contributed by atoms with van der Waals surface area (Å²) in [6.45, 7) is 5.86. The Morgan fingerprint density at radius 2 is 1.86 bits per heavy atom. The lowest BCUT2D eigenvalue weighted by molar-refractivity contribution is 0.0979. The average molecular weight is 418 g/mol. The third-order valence-electron chi connectivity index (χ3n) is 4.65. The minimum atomic E-state index is -0.167. The Kier molecular flexibility index (Phi) is 6.39. The number of thiazole rings is 1. The minimum Gasteiger partial charge on any atom is -0.495 e.